The molecule has 2 aromatic carbocycles. The highest BCUT2D eigenvalue weighted by Crippen LogP contribution is 2.17. The van der Waals surface area contributed by atoms with Gasteiger partial charge in [0.15, 0.2) is 5.11 Å². The molecule has 0 saturated heterocycles. The molecule has 0 aliphatic heterocycles. The average Bonchev–Trinajstić information content (AvgIpc) is 2.56. The fourth-order valence-corrected chi connectivity index (χ4v) is 2.60. The van der Waals surface area contributed by atoms with E-state index in [-0.39, 0.29) is 0 Å². The van der Waals surface area contributed by atoms with Crippen molar-refractivity contribution in [1.29, 1.82) is 0 Å². The van der Waals surface area contributed by atoms with Gasteiger partial charge in [-0.15, -0.1) is 0 Å². The summed E-state index contributed by atoms with van der Waals surface area (Å²) in [5.41, 5.74) is 7.03. The number of hydrogen-bond acceptors (Lipinski definition) is 2. The number of hydrazone groups is 1. The van der Waals surface area contributed by atoms with Crippen LogP contribution in [0.2, 0.25) is 5.02 Å². The zero-order valence-corrected chi connectivity index (χ0v) is 15.7. The monoisotopic (exact) mass is 359 g/mol. The van der Waals surface area contributed by atoms with Gasteiger partial charge in [-0.05, 0) is 59.9 Å². The van der Waals surface area contributed by atoms with E-state index < -0.39 is 0 Å². The summed E-state index contributed by atoms with van der Waals surface area (Å²) < 4.78 is 0. The van der Waals surface area contributed by atoms with Crippen molar-refractivity contribution in [3.63, 3.8) is 0 Å². The molecule has 126 valence electrons. The fourth-order valence-electron chi connectivity index (χ4n) is 2.24. The van der Waals surface area contributed by atoms with Crippen LogP contribution in [0.4, 0.5) is 5.69 Å². The molecule has 0 bridgehead atoms. The Balaban J connectivity index is 2.00. The van der Waals surface area contributed by atoms with E-state index in [4.69, 9.17) is 23.8 Å². The molecule has 2 rings (SSSR count). The van der Waals surface area contributed by atoms with Crippen LogP contribution in [0.5, 0.6) is 0 Å². The lowest BCUT2D eigenvalue weighted by Crippen LogP contribution is -2.25. The minimum atomic E-state index is 0.459. The van der Waals surface area contributed by atoms with Gasteiger partial charge in [0.1, 0.15) is 0 Å². The van der Waals surface area contributed by atoms with Crippen molar-refractivity contribution >= 4 is 40.3 Å². The Morgan fingerprint density at radius 3 is 2.46 bits per heavy atom. The lowest BCUT2D eigenvalue weighted by Gasteiger charge is -2.11. The van der Waals surface area contributed by atoms with Gasteiger partial charge in [-0.2, -0.15) is 5.10 Å². The van der Waals surface area contributed by atoms with E-state index in [2.05, 4.69) is 41.8 Å². The van der Waals surface area contributed by atoms with E-state index in [1.807, 2.05) is 43.3 Å². The second-order valence-corrected chi connectivity index (χ2v) is 6.61. The molecule has 0 atom stereocenters. The average molecular weight is 360 g/mol. The van der Waals surface area contributed by atoms with Gasteiger partial charge < -0.3 is 5.32 Å². The minimum absolute atomic E-state index is 0.459. The molecular formula is C19H22ClN3S. The zero-order chi connectivity index (χ0) is 17.5. The predicted octanol–water partition coefficient (Wildman–Crippen LogP) is 5.56. The molecule has 5 heteroatoms. The number of rotatable bonds is 5. The van der Waals surface area contributed by atoms with E-state index in [1.54, 1.807) is 0 Å². The Kier molecular flexibility index (Phi) is 6.76. The van der Waals surface area contributed by atoms with E-state index in [1.165, 1.54) is 5.56 Å². The molecule has 24 heavy (non-hydrogen) atoms. The minimum Gasteiger partial charge on any atom is -0.331 e. The molecule has 0 aliphatic carbocycles. The first-order chi connectivity index (χ1) is 11.5. The number of halogens is 1. The molecule has 0 aromatic heterocycles. The Labute approximate surface area is 154 Å². The second-order valence-electron chi connectivity index (χ2n) is 5.77. The van der Waals surface area contributed by atoms with Crippen molar-refractivity contribution in [1.82, 2.24) is 5.43 Å². The van der Waals surface area contributed by atoms with Crippen molar-refractivity contribution in [2.75, 3.05) is 5.32 Å². The lowest BCUT2D eigenvalue weighted by atomic mass is 10.0. The second kappa shape index (κ2) is 8.81. The maximum atomic E-state index is 6.04. The van der Waals surface area contributed by atoms with Gasteiger partial charge in [-0.1, -0.05) is 56.6 Å². The van der Waals surface area contributed by atoms with Crippen LogP contribution in [0.15, 0.2) is 53.6 Å². The highest BCUT2D eigenvalue weighted by molar-refractivity contribution is 7.80. The summed E-state index contributed by atoms with van der Waals surface area (Å²) >= 11 is 11.3. The first kappa shape index (κ1) is 18.4. The standard InChI is InChI=1S/C19H22ClN3S/c1-4-18(15-6-5-7-16(20)12-15)22-23-19(24)21-17-10-8-14(9-11-17)13(2)3/h5-13H,4H2,1-3H3,(H2,21,23,24)/b22-18-. The smallest absolute Gasteiger partial charge is 0.191 e. The van der Waals surface area contributed by atoms with Crippen LogP contribution in [0.3, 0.4) is 0 Å². The Morgan fingerprint density at radius 2 is 1.88 bits per heavy atom. The van der Waals surface area contributed by atoms with Gasteiger partial charge in [0.2, 0.25) is 0 Å². The highest BCUT2D eigenvalue weighted by atomic mass is 35.5. The van der Waals surface area contributed by atoms with Crippen LogP contribution in [0, 0.1) is 0 Å². The van der Waals surface area contributed by atoms with Crippen molar-refractivity contribution in [3.05, 3.63) is 64.7 Å². The topological polar surface area (TPSA) is 36.4 Å². The van der Waals surface area contributed by atoms with Crippen LogP contribution in [0.25, 0.3) is 0 Å². The summed E-state index contributed by atoms with van der Waals surface area (Å²) in [6.07, 6.45) is 0.777. The van der Waals surface area contributed by atoms with Gasteiger partial charge in [-0.3, -0.25) is 5.43 Å². The maximum absolute atomic E-state index is 6.04. The van der Waals surface area contributed by atoms with Crippen molar-refractivity contribution in [3.8, 4) is 0 Å². The van der Waals surface area contributed by atoms with Crippen molar-refractivity contribution < 1.29 is 0 Å². The maximum Gasteiger partial charge on any atom is 0.191 e. The quantitative estimate of drug-likeness (QED) is 0.416. The zero-order valence-electron chi connectivity index (χ0n) is 14.1. The van der Waals surface area contributed by atoms with E-state index in [0.29, 0.717) is 16.1 Å². The molecule has 0 fully saturated rings. The summed E-state index contributed by atoms with van der Waals surface area (Å²) in [4.78, 5) is 0. The molecule has 0 radical (unpaired) electrons. The van der Waals surface area contributed by atoms with Gasteiger partial charge in [0.05, 0.1) is 5.71 Å². The third-order valence-electron chi connectivity index (χ3n) is 3.62. The van der Waals surface area contributed by atoms with Crippen LogP contribution >= 0.6 is 23.8 Å². The van der Waals surface area contributed by atoms with Crippen molar-refractivity contribution in [2.24, 2.45) is 5.10 Å². The molecule has 2 aromatic rings. The summed E-state index contributed by atoms with van der Waals surface area (Å²) in [7, 11) is 0. The van der Waals surface area contributed by atoms with E-state index >= 15 is 0 Å². The van der Waals surface area contributed by atoms with Crippen LogP contribution < -0.4 is 10.7 Å². The van der Waals surface area contributed by atoms with E-state index in [9.17, 15) is 0 Å². The number of anilines is 1. The fraction of sp³-hybridized carbons (Fsp3) is 0.263. The first-order valence-corrected chi connectivity index (χ1v) is 8.77. The molecule has 2 N–H and O–H groups in total. The highest BCUT2D eigenvalue weighted by Gasteiger charge is 2.04. The van der Waals surface area contributed by atoms with Gasteiger partial charge in [0, 0.05) is 10.7 Å². The molecule has 3 nitrogen and oxygen atoms in total. The molecule has 0 amide bonds. The van der Waals surface area contributed by atoms with E-state index in [0.717, 1.165) is 23.4 Å². The van der Waals surface area contributed by atoms with Gasteiger partial charge in [-0.25, -0.2) is 0 Å². The largest absolute Gasteiger partial charge is 0.331 e. The molecule has 0 spiro atoms. The summed E-state index contributed by atoms with van der Waals surface area (Å²) in [5, 5.41) is 8.69. The number of nitrogens with zero attached hydrogens (tertiary/aromatic N) is 1. The molecule has 0 heterocycles. The number of benzene rings is 2. The molecule has 0 unspecified atom stereocenters. The SMILES string of the molecule is CC/C(=N/NC(=S)Nc1ccc(C(C)C)cc1)c1cccc(Cl)c1. The van der Waals surface area contributed by atoms with Gasteiger partial charge in [0.25, 0.3) is 0 Å². The predicted molar refractivity (Wildman–Crippen MR) is 108 cm³/mol. The van der Waals surface area contributed by atoms with Crippen molar-refractivity contribution in [2.45, 2.75) is 33.1 Å². The Hall–Kier alpha value is -1.91. The summed E-state index contributed by atoms with van der Waals surface area (Å²) in [5.74, 6) is 0.513. The third-order valence-corrected chi connectivity index (χ3v) is 4.05. The normalized spacial score (nSPS) is 11.5. The lowest BCUT2D eigenvalue weighted by molar-refractivity contribution is 0.867. The van der Waals surface area contributed by atoms with Crippen LogP contribution in [0.1, 0.15) is 44.2 Å². The molecule has 0 saturated carbocycles. The number of hydrogen-bond donors (Lipinski definition) is 2. The third kappa shape index (κ3) is 5.32. The molecule has 0 aliphatic rings. The van der Waals surface area contributed by atoms with Gasteiger partial charge >= 0.3 is 0 Å². The summed E-state index contributed by atoms with van der Waals surface area (Å²) in [6, 6.07) is 15.9. The first-order valence-electron chi connectivity index (χ1n) is 7.99. The van der Waals surface area contributed by atoms with Crippen LogP contribution in [-0.4, -0.2) is 10.8 Å². The summed E-state index contributed by atoms with van der Waals surface area (Å²) in [6.45, 7) is 6.39. The number of nitrogens with one attached hydrogen (secondary N) is 2. The Bertz CT molecular complexity index is 724. The Morgan fingerprint density at radius 1 is 1.17 bits per heavy atom. The van der Waals surface area contributed by atoms with Crippen LogP contribution in [-0.2, 0) is 0 Å². The number of thiocarbonyl (C=S) groups is 1. The molecular weight excluding hydrogens is 338 g/mol.